The van der Waals surface area contributed by atoms with Crippen LogP contribution >= 0.6 is 0 Å². The fourth-order valence-corrected chi connectivity index (χ4v) is 3.24. The zero-order valence-electron chi connectivity index (χ0n) is 14.9. The molecule has 1 aliphatic rings. The van der Waals surface area contributed by atoms with E-state index in [-0.39, 0.29) is 0 Å². The van der Waals surface area contributed by atoms with Crippen molar-refractivity contribution in [2.75, 3.05) is 39.8 Å². The fraction of sp³-hybridized carbons (Fsp3) is 0.381. The van der Waals surface area contributed by atoms with Crippen molar-refractivity contribution in [1.29, 1.82) is 0 Å². The number of likely N-dealkylation sites (N-methyl/N-ethyl adjacent to an activating group) is 1. The van der Waals surface area contributed by atoms with E-state index in [1.54, 1.807) is 0 Å². The van der Waals surface area contributed by atoms with Crippen LogP contribution in [0.1, 0.15) is 16.7 Å². The quantitative estimate of drug-likeness (QED) is 0.500. The van der Waals surface area contributed by atoms with Gasteiger partial charge in [0.2, 0.25) is 0 Å². The van der Waals surface area contributed by atoms with Gasteiger partial charge < -0.3 is 10.1 Å². The first-order valence-electron chi connectivity index (χ1n) is 8.99. The summed E-state index contributed by atoms with van der Waals surface area (Å²) in [6, 6.07) is 19.0. The molecule has 0 amide bonds. The van der Waals surface area contributed by atoms with E-state index in [9.17, 15) is 5.21 Å². The van der Waals surface area contributed by atoms with Gasteiger partial charge in [-0.05, 0) is 37.1 Å². The first-order chi connectivity index (χ1) is 12.2. The molecular weight excluding hydrogens is 310 g/mol. The summed E-state index contributed by atoms with van der Waals surface area (Å²) >= 11 is 0. The fourth-order valence-electron chi connectivity index (χ4n) is 3.24. The summed E-state index contributed by atoms with van der Waals surface area (Å²) < 4.78 is 0. The summed E-state index contributed by atoms with van der Waals surface area (Å²) in [7, 11) is 2.15. The van der Waals surface area contributed by atoms with E-state index >= 15 is 0 Å². The predicted molar refractivity (Wildman–Crippen MR) is 103 cm³/mol. The second-order valence-corrected chi connectivity index (χ2v) is 6.81. The van der Waals surface area contributed by atoms with Gasteiger partial charge in [0.15, 0.2) is 0 Å². The maximum Gasteiger partial charge on any atom is 0.101 e. The van der Waals surface area contributed by atoms with Gasteiger partial charge in [0, 0.05) is 38.3 Å². The molecule has 0 radical (unpaired) electrons. The Hall–Kier alpha value is -2.17. The van der Waals surface area contributed by atoms with Crippen LogP contribution < -0.4 is 0 Å². The molecule has 4 nitrogen and oxygen atoms in total. The Labute approximate surface area is 150 Å². The molecule has 0 aliphatic carbocycles. The molecule has 132 valence electrons. The van der Waals surface area contributed by atoms with E-state index in [4.69, 9.17) is 0 Å². The summed E-state index contributed by atoms with van der Waals surface area (Å²) in [4.78, 5) is 4.68. The molecule has 0 unspecified atom stereocenters. The molecule has 4 heteroatoms. The summed E-state index contributed by atoms with van der Waals surface area (Å²) in [5, 5.41) is 13.1. The molecule has 0 saturated carbocycles. The number of rotatable bonds is 6. The number of nitrogens with zero attached hydrogens (tertiary/aromatic N) is 3. The molecule has 2 aromatic rings. The Morgan fingerprint density at radius 1 is 0.920 bits per heavy atom. The van der Waals surface area contributed by atoms with Crippen LogP contribution in [0.25, 0.3) is 0 Å². The minimum absolute atomic E-state index is 0.701. The molecule has 1 saturated heterocycles. The summed E-state index contributed by atoms with van der Waals surface area (Å²) in [5.41, 5.74) is 4.40. The minimum Gasteiger partial charge on any atom is -0.411 e. The highest BCUT2D eigenvalue weighted by Gasteiger charge is 2.17. The lowest BCUT2D eigenvalue weighted by molar-refractivity contribution is 0.169. The summed E-state index contributed by atoms with van der Waals surface area (Å²) in [5.74, 6) is 0. The Kier molecular flexibility index (Phi) is 6.20. The largest absolute Gasteiger partial charge is 0.411 e. The van der Waals surface area contributed by atoms with E-state index < -0.39 is 0 Å². The average Bonchev–Trinajstić information content (AvgIpc) is 2.67. The lowest BCUT2D eigenvalue weighted by Gasteiger charge is -2.32. The summed E-state index contributed by atoms with van der Waals surface area (Å²) in [6.07, 6.45) is 2.01. The predicted octanol–water partition coefficient (Wildman–Crippen LogP) is 2.90. The second-order valence-electron chi connectivity index (χ2n) is 6.81. The number of oxime groups is 1. The van der Waals surface area contributed by atoms with E-state index in [0.29, 0.717) is 6.54 Å². The lowest BCUT2D eigenvalue weighted by atomic mass is 10.0. The first kappa shape index (κ1) is 17.6. The van der Waals surface area contributed by atoms with Gasteiger partial charge in [0.05, 0.1) is 0 Å². The second kappa shape index (κ2) is 8.79. The van der Waals surface area contributed by atoms with Crippen molar-refractivity contribution in [1.82, 2.24) is 9.80 Å². The van der Waals surface area contributed by atoms with Crippen LogP contribution in [0.2, 0.25) is 0 Å². The SMILES string of the molecule is CN1CCN(C/C(=N\O)c2cccc(CCc3ccccc3)c2)CC1. The number of aryl methyl sites for hydroxylation is 2. The Bertz CT molecular complexity index is 691. The molecule has 1 heterocycles. The number of benzene rings is 2. The molecule has 0 aromatic heterocycles. The van der Waals surface area contributed by atoms with Crippen LogP contribution in [-0.4, -0.2) is 60.5 Å². The van der Waals surface area contributed by atoms with Gasteiger partial charge in [0.1, 0.15) is 5.71 Å². The zero-order valence-corrected chi connectivity index (χ0v) is 14.9. The highest BCUT2D eigenvalue weighted by molar-refractivity contribution is 6.01. The molecular formula is C21H27N3O. The van der Waals surface area contributed by atoms with E-state index in [1.807, 2.05) is 12.1 Å². The van der Waals surface area contributed by atoms with Gasteiger partial charge in [0.25, 0.3) is 0 Å². The zero-order chi connectivity index (χ0) is 17.5. The van der Waals surface area contributed by atoms with Crippen LogP contribution in [0.15, 0.2) is 59.8 Å². The van der Waals surface area contributed by atoms with Crippen molar-refractivity contribution in [3.63, 3.8) is 0 Å². The number of piperazine rings is 1. The average molecular weight is 337 g/mol. The third-order valence-electron chi connectivity index (χ3n) is 4.90. The summed E-state index contributed by atoms with van der Waals surface area (Å²) in [6.45, 7) is 4.87. The third-order valence-corrected chi connectivity index (χ3v) is 4.90. The van der Waals surface area contributed by atoms with Crippen LogP contribution in [0, 0.1) is 0 Å². The maximum atomic E-state index is 9.51. The standard InChI is InChI=1S/C21H27N3O/c1-23-12-14-24(15-13-23)17-21(22-25)20-9-5-8-19(16-20)11-10-18-6-3-2-4-7-18/h2-9,16,25H,10-15,17H2,1H3/b22-21+. The van der Waals surface area contributed by atoms with Crippen LogP contribution in [0.4, 0.5) is 0 Å². The molecule has 3 rings (SSSR count). The van der Waals surface area contributed by atoms with E-state index in [1.165, 1.54) is 11.1 Å². The van der Waals surface area contributed by atoms with E-state index in [2.05, 4.69) is 64.5 Å². The van der Waals surface area contributed by atoms with Crippen LogP contribution in [0.3, 0.4) is 0 Å². The molecule has 0 atom stereocenters. The topological polar surface area (TPSA) is 39.1 Å². The molecule has 0 bridgehead atoms. The Morgan fingerprint density at radius 2 is 1.60 bits per heavy atom. The molecule has 1 aliphatic heterocycles. The van der Waals surface area contributed by atoms with Crippen molar-refractivity contribution < 1.29 is 5.21 Å². The smallest absolute Gasteiger partial charge is 0.101 e. The van der Waals surface area contributed by atoms with Crippen molar-refractivity contribution in [2.45, 2.75) is 12.8 Å². The Morgan fingerprint density at radius 3 is 2.32 bits per heavy atom. The van der Waals surface area contributed by atoms with Gasteiger partial charge in [-0.25, -0.2) is 0 Å². The molecule has 1 fully saturated rings. The first-order valence-corrected chi connectivity index (χ1v) is 8.99. The lowest BCUT2D eigenvalue weighted by Crippen LogP contribution is -2.46. The normalized spacial score (nSPS) is 16.9. The highest BCUT2D eigenvalue weighted by Crippen LogP contribution is 2.12. The third kappa shape index (κ3) is 5.15. The minimum atomic E-state index is 0.701. The molecule has 0 spiro atoms. The van der Waals surface area contributed by atoms with Crippen molar-refractivity contribution >= 4 is 5.71 Å². The van der Waals surface area contributed by atoms with Crippen LogP contribution in [-0.2, 0) is 12.8 Å². The van der Waals surface area contributed by atoms with Gasteiger partial charge in [-0.2, -0.15) is 0 Å². The number of hydrogen-bond acceptors (Lipinski definition) is 4. The van der Waals surface area contributed by atoms with Gasteiger partial charge >= 0.3 is 0 Å². The van der Waals surface area contributed by atoms with Gasteiger partial charge in [-0.1, -0.05) is 53.7 Å². The van der Waals surface area contributed by atoms with E-state index in [0.717, 1.165) is 50.3 Å². The van der Waals surface area contributed by atoms with Crippen molar-refractivity contribution in [3.8, 4) is 0 Å². The van der Waals surface area contributed by atoms with Crippen molar-refractivity contribution in [2.24, 2.45) is 5.16 Å². The molecule has 2 aromatic carbocycles. The van der Waals surface area contributed by atoms with Gasteiger partial charge in [-0.15, -0.1) is 0 Å². The monoisotopic (exact) mass is 337 g/mol. The Balaban J connectivity index is 1.62. The molecule has 25 heavy (non-hydrogen) atoms. The number of hydrogen-bond donors (Lipinski definition) is 1. The highest BCUT2D eigenvalue weighted by atomic mass is 16.4. The molecule has 1 N–H and O–H groups in total. The van der Waals surface area contributed by atoms with Crippen LogP contribution in [0.5, 0.6) is 0 Å². The maximum absolute atomic E-state index is 9.51. The van der Waals surface area contributed by atoms with Gasteiger partial charge in [-0.3, -0.25) is 4.90 Å². The van der Waals surface area contributed by atoms with Crippen molar-refractivity contribution in [3.05, 3.63) is 71.3 Å².